The van der Waals surface area contributed by atoms with E-state index < -0.39 is 12.1 Å². The van der Waals surface area contributed by atoms with Crippen LogP contribution in [0, 0.1) is 0 Å². The second-order valence-corrected chi connectivity index (χ2v) is 3.83. The number of alkyl halides is 4. The summed E-state index contributed by atoms with van der Waals surface area (Å²) >= 11 is 2.01. The van der Waals surface area contributed by atoms with Crippen molar-refractivity contribution in [3.8, 4) is 0 Å². The van der Waals surface area contributed by atoms with Gasteiger partial charge in [-0.3, -0.25) is 4.79 Å². The average molecular weight is 307 g/mol. The van der Waals surface area contributed by atoms with Gasteiger partial charge in [0, 0.05) is 17.0 Å². The van der Waals surface area contributed by atoms with Crippen LogP contribution >= 0.6 is 22.6 Å². The molecule has 1 rings (SSSR count). The van der Waals surface area contributed by atoms with Crippen LogP contribution in [0.4, 0.5) is 13.2 Å². The van der Waals surface area contributed by atoms with Gasteiger partial charge in [0.25, 0.3) is 0 Å². The van der Waals surface area contributed by atoms with E-state index in [4.69, 9.17) is 0 Å². The lowest BCUT2D eigenvalue weighted by atomic mass is 10.2. The molecule has 1 fully saturated rings. The van der Waals surface area contributed by atoms with E-state index >= 15 is 0 Å². The molecule has 0 spiro atoms. The zero-order chi connectivity index (χ0) is 10.1. The van der Waals surface area contributed by atoms with E-state index in [1.54, 1.807) is 0 Å². The Kier molecular flexibility index (Phi) is 3.42. The third-order valence-corrected chi connectivity index (χ3v) is 3.08. The summed E-state index contributed by atoms with van der Waals surface area (Å²) < 4.78 is 36.6. The standard InChI is InChI=1S/C7H9F3INO/c8-7(9,10)6(13)12-3-1-2-5(12)4-11/h5H,1-4H2/t5-/m0/s1. The van der Waals surface area contributed by atoms with Crippen molar-refractivity contribution in [3.63, 3.8) is 0 Å². The molecule has 0 bridgehead atoms. The van der Waals surface area contributed by atoms with Crippen molar-refractivity contribution in [2.45, 2.75) is 25.1 Å². The van der Waals surface area contributed by atoms with E-state index in [2.05, 4.69) is 0 Å². The second-order valence-electron chi connectivity index (χ2n) is 2.95. The molecule has 1 aliphatic heterocycles. The number of nitrogens with zero attached hydrogens (tertiary/aromatic N) is 1. The molecule has 1 atom stereocenters. The number of amides is 1. The molecule has 1 amide bonds. The van der Waals surface area contributed by atoms with Crippen LogP contribution < -0.4 is 0 Å². The van der Waals surface area contributed by atoms with Crippen molar-refractivity contribution in [2.75, 3.05) is 11.0 Å². The number of hydrogen-bond acceptors (Lipinski definition) is 1. The minimum Gasteiger partial charge on any atom is -0.331 e. The maximum absolute atomic E-state index is 12.0. The fourth-order valence-corrected chi connectivity index (χ4v) is 2.34. The fraction of sp³-hybridized carbons (Fsp3) is 0.857. The molecular formula is C7H9F3INO. The molecule has 1 aliphatic rings. The van der Waals surface area contributed by atoms with E-state index in [9.17, 15) is 18.0 Å². The first-order valence-corrected chi connectivity index (χ1v) is 5.43. The summed E-state index contributed by atoms with van der Waals surface area (Å²) in [5, 5.41) is 0. The van der Waals surface area contributed by atoms with Crippen molar-refractivity contribution < 1.29 is 18.0 Å². The van der Waals surface area contributed by atoms with Gasteiger partial charge in [-0.25, -0.2) is 0 Å². The molecule has 0 saturated carbocycles. The molecule has 0 radical (unpaired) electrons. The summed E-state index contributed by atoms with van der Waals surface area (Å²) in [7, 11) is 0. The Morgan fingerprint density at radius 1 is 1.54 bits per heavy atom. The van der Waals surface area contributed by atoms with Crippen LogP contribution in [-0.2, 0) is 4.79 Å². The summed E-state index contributed by atoms with van der Waals surface area (Å²) in [6.07, 6.45) is -3.35. The molecule has 1 heterocycles. The number of carbonyl (C=O) groups is 1. The molecule has 2 nitrogen and oxygen atoms in total. The van der Waals surface area contributed by atoms with Gasteiger partial charge in [-0.05, 0) is 12.8 Å². The van der Waals surface area contributed by atoms with Crippen LogP contribution in [0.1, 0.15) is 12.8 Å². The molecule has 0 unspecified atom stereocenters. The Morgan fingerprint density at radius 2 is 2.15 bits per heavy atom. The Hall–Kier alpha value is -0.0100. The van der Waals surface area contributed by atoms with E-state index in [1.807, 2.05) is 22.6 Å². The van der Waals surface area contributed by atoms with Gasteiger partial charge in [0.1, 0.15) is 0 Å². The number of halogens is 4. The third kappa shape index (κ3) is 2.47. The molecule has 1 saturated heterocycles. The Labute approximate surface area is 87.6 Å². The number of hydrogen-bond donors (Lipinski definition) is 0. The first kappa shape index (κ1) is 11.1. The smallest absolute Gasteiger partial charge is 0.331 e. The highest BCUT2D eigenvalue weighted by molar-refractivity contribution is 14.1. The highest BCUT2D eigenvalue weighted by atomic mass is 127. The maximum atomic E-state index is 12.0. The van der Waals surface area contributed by atoms with E-state index in [0.717, 1.165) is 4.90 Å². The highest BCUT2D eigenvalue weighted by Gasteiger charge is 2.45. The number of carbonyl (C=O) groups excluding carboxylic acids is 1. The topological polar surface area (TPSA) is 20.3 Å². The predicted octanol–water partition coefficient (Wildman–Crippen LogP) is 1.97. The van der Waals surface area contributed by atoms with Gasteiger partial charge < -0.3 is 4.90 Å². The van der Waals surface area contributed by atoms with Crippen molar-refractivity contribution in [2.24, 2.45) is 0 Å². The van der Waals surface area contributed by atoms with Gasteiger partial charge in [-0.2, -0.15) is 13.2 Å². The summed E-state index contributed by atoms with van der Waals surface area (Å²) in [4.78, 5) is 11.8. The molecule has 0 aliphatic carbocycles. The van der Waals surface area contributed by atoms with Gasteiger partial charge in [-0.1, -0.05) is 22.6 Å². The Balaban J connectivity index is 2.66. The maximum Gasteiger partial charge on any atom is 0.471 e. The van der Waals surface area contributed by atoms with E-state index in [1.165, 1.54) is 0 Å². The fourth-order valence-electron chi connectivity index (χ4n) is 1.43. The molecule has 0 aromatic carbocycles. The van der Waals surface area contributed by atoms with Crippen molar-refractivity contribution >= 4 is 28.5 Å². The number of rotatable bonds is 1. The second kappa shape index (κ2) is 4.02. The summed E-state index contributed by atoms with van der Waals surface area (Å²) in [5.74, 6) is -1.69. The van der Waals surface area contributed by atoms with E-state index in [-0.39, 0.29) is 12.6 Å². The van der Waals surface area contributed by atoms with Crippen molar-refractivity contribution in [1.82, 2.24) is 4.90 Å². The van der Waals surface area contributed by atoms with Crippen LogP contribution in [0.15, 0.2) is 0 Å². The number of likely N-dealkylation sites (tertiary alicyclic amines) is 1. The van der Waals surface area contributed by atoms with Crippen LogP contribution in [0.25, 0.3) is 0 Å². The van der Waals surface area contributed by atoms with Gasteiger partial charge in [0.15, 0.2) is 0 Å². The molecule has 0 aromatic heterocycles. The minimum atomic E-state index is -4.71. The van der Waals surface area contributed by atoms with Gasteiger partial charge in [-0.15, -0.1) is 0 Å². The lowest BCUT2D eigenvalue weighted by Crippen LogP contribution is -2.44. The monoisotopic (exact) mass is 307 g/mol. The van der Waals surface area contributed by atoms with Crippen molar-refractivity contribution in [1.29, 1.82) is 0 Å². The van der Waals surface area contributed by atoms with Gasteiger partial charge in [0.05, 0.1) is 0 Å². The normalized spacial score (nSPS) is 23.7. The molecular weight excluding hydrogens is 298 g/mol. The molecule has 0 aromatic rings. The SMILES string of the molecule is O=C(N1CCC[C@H]1CI)C(F)(F)F. The van der Waals surface area contributed by atoms with Gasteiger partial charge in [0.2, 0.25) is 0 Å². The van der Waals surface area contributed by atoms with Crippen molar-refractivity contribution in [3.05, 3.63) is 0 Å². The predicted molar refractivity (Wildman–Crippen MR) is 49.7 cm³/mol. The van der Waals surface area contributed by atoms with E-state index in [0.29, 0.717) is 17.3 Å². The third-order valence-electron chi connectivity index (χ3n) is 2.06. The first-order valence-electron chi connectivity index (χ1n) is 3.90. The van der Waals surface area contributed by atoms with Crippen LogP contribution in [-0.4, -0.2) is 34.0 Å². The summed E-state index contributed by atoms with van der Waals surface area (Å²) in [6, 6.07) is -0.227. The molecule has 6 heteroatoms. The summed E-state index contributed by atoms with van der Waals surface area (Å²) in [6.45, 7) is 0.242. The van der Waals surface area contributed by atoms with Crippen LogP contribution in [0.2, 0.25) is 0 Å². The Morgan fingerprint density at radius 3 is 2.62 bits per heavy atom. The lowest BCUT2D eigenvalue weighted by molar-refractivity contribution is -0.185. The zero-order valence-corrected chi connectivity index (χ0v) is 8.93. The summed E-state index contributed by atoms with van der Waals surface area (Å²) in [5.41, 5.74) is 0. The first-order chi connectivity index (χ1) is 5.96. The lowest BCUT2D eigenvalue weighted by Gasteiger charge is -2.23. The average Bonchev–Trinajstić information content (AvgIpc) is 2.48. The largest absolute Gasteiger partial charge is 0.471 e. The van der Waals surface area contributed by atoms with Gasteiger partial charge >= 0.3 is 12.1 Å². The molecule has 13 heavy (non-hydrogen) atoms. The van der Waals surface area contributed by atoms with Crippen LogP contribution in [0.5, 0.6) is 0 Å². The Bertz CT molecular complexity index is 206. The van der Waals surface area contributed by atoms with Crippen LogP contribution in [0.3, 0.4) is 0 Å². The minimum absolute atomic E-state index is 0.227. The molecule has 0 N–H and O–H groups in total. The quantitative estimate of drug-likeness (QED) is 0.536. The molecule has 76 valence electrons. The zero-order valence-electron chi connectivity index (χ0n) is 6.77. The highest BCUT2D eigenvalue weighted by Crippen LogP contribution is 2.26.